The molecule has 0 bridgehead atoms. The van der Waals surface area contributed by atoms with Gasteiger partial charge in [-0.15, -0.1) is 0 Å². The first kappa shape index (κ1) is 16.2. The van der Waals surface area contributed by atoms with Gasteiger partial charge in [-0.05, 0) is 47.2 Å². The van der Waals surface area contributed by atoms with Gasteiger partial charge in [0.25, 0.3) is 0 Å². The van der Waals surface area contributed by atoms with Gasteiger partial charge in [-0.2, -0.15) is 5.10 Å². The van der Waals surface area contributed by atoms with Crippen LogP contribution in [0.4, 0.5) is 0 Å². The first-order chi connectivity index (χ1) is 10.1. The largest absolute Gasteiger partial charge is 0.393 e. The molecular formula is C17H23BrN2O. The third-order valence-corrected chi connectivity index (χ3v) is 4.69. The molecule has 0 fully saturated rings. The maximum absolute atomic E-state index is 10.2. The van der Waals surface area contributed by atoms with Crippen molar-refractivity contribution in [2.24, 2.45) is 7.05 Å². The van der Waals surface area contributed by atoms with Crippen LogP contribution in [0.25, 0.3) is 0 Å². The molecule has 3 nitrogen and oxygen atoms in total. The molecule has 1 unspecified atom stereocenters. The Labute approximate surface area is 135 Å². The third kappa shape index (κ3) is 4.42. The van der Waals surface area contributed by atoms with Crippen molar-refractivity contribution in [2.45, 2.75) is 45.1 Å². The highest BCUT2D eigenvalue weighted by Gasteiger charge is 2.16. The minimum absolute atomic E-state index is 0.315. The summed E-state index contributed by atoms with van der Waals surface area (Å²) in [5.41, 5.74) is 3.47. The van der Waals surface area contributed by atoms with Crippen molar-refractivity contribution in [2.75, 3.05) is 0 Å². The molecule has 1 aromatic carbocycles. The summed E-state index contributed by atoms with van der Waals surface area (Å²) in [5.74, 6) is 0. The Morgan fingerprint density at radius 3 is 2.62 bits per heavy atom. The molecule has 0 spiro atoms. The van der Waals surface area contributed by atoms with Crippen LogP contribution in [0.3, 0.4) is 0 Å². The van der Waals surface area contributed by atoms with Gasteiger partial charge >= 0.3 is 0 Å². The molecule has 1 aromatic heterocycles. The molecule has 0 aliphatic carbocycles. The summed E-state index contributed by atoms with van der Waals surface area (Å²) >= 11 is 3.60. The van der Waals surface area contributed by atoms with Gasteiger partial charge < -0.3 is 5.11 Å². The van der Waals surface area contributed by atoms with Crippen LogP contribution >= 0.6 is 15.9 Å². The van der Waals surface area contributed by atoms with Crippen molar-refractivity contribution in [3.63, 3.8) is 0 Å². The van der Waals surface area contributed by atoms with Crippen LogP contribution in [0.2, 0.25) is 0 Å². The molecule has 0 saturated carbocycles. The van der Waals surface area contributed by atoms with E-state index < -0.39 is 0 Å². The first-order valence-corrected chi connectivity index (χ1v) is 8.33. The summed E-state index contributed by atoms with van der Waals surface area (Å²) in [7, 11) is 1.94. The lowest BCUT2D eigenvalue weighted by Gasteiger charge is -2.11. The van der Waals surface area contributed by atoms with Gasteiger partial charge in [-0.1, -0.05) is 37.3 Å². The van der Waals surface area contributed by atoms with Gasteiger partial charge in [0.1, 0.15) is 0 Å². The number of aliphatic hydroxyl groups excluding tert-OH is 1. The monoisotopic (exact) mass is 350 g/mol. The van der Waals surface area contributed by atoms with Crippen molar-refractivity contribution in [3.8, 4) is 0 Å². The van der Waals surface area contributed by atoms with Gasteiger partial charge in [0.2, 0.25) is 0 Å². The van der Waals surface area contributed by atoms with Crippen LogP contribution in [0, 0.1) is 0 Å². The summed E-state index contributed by atoms with van der Waals surface area (Å²) in [4.78, 5) is 0. The number of hydrogen-bond acceptors (Lipinski definition) is 2. The lowest BCUT2D eigenvalue weighted by molar-refractivity contribution is 0.159. The number of rotatable bonds is 7. The molecule has 1 heterocycles. The summed E-state index contributed by atoms with van der Waals surface area (Å²) in [6.07, 6.45) is 4.07. The Morgan fingerprint density at radius 2 is 2.00 bits per heavy atom. The molecule has 2 aromatic rings. The van der Waals surface area contributed by atoms with E-state index in [1.165, 1.54) is 5.56 Å². The van der Waals surface area contributed by atoms with E-state index in [0.29, 0.717) is 6.42 Å². The lowest BCUT2D eigenvalue weighted by atomic mass is 10.0. The molecular weight excluding hydrogens is 328 g/mol. The van der Waals surface area contributed by atoms with E-state index >= 15 is 0 Å². The predicted molar refractivity (Wildman–Crippen MR) is 89.4 cm³/mol. The van der Waals surface area contributed by atoms with Gasteiger partial charge in [-0.3, -0.25) is 4.68 Å². The molecule has 0 saturated heterocycles. The van der Waals surface area contributed by atoms with Crippen molar-refractivity contribution in [1.82, 2.24) is 9.78 Å². The lowest BCUT2D eigenvalue weighted by Crippen LogP contribution is -2.14. The van der Waals surface area contributed by atoms with Crippen LogP contribution in [0.1, 0.15) is 36.7 Å². The molecule has 0 radical (unpaired) electrons. The second-order valence-corrected chi connectivity index (χ2v) is 6.21. The molecule has 4 heteroatoms. The molecule has 2 rings (SSSR count). The zero-order valence-electron chi connectivity index (χ0n) is 12.7. The highest BCUT2D eigenvalue weighted by Crippen LogP contribution is 2.23. The van der Waals surface area contributed by atoms with Gasteiger partial charge in [0.15, 0.2) is 0 Å². The van der Waals surface area contributed by atoms with Crippen LogP contribution in [0.5, 0.6) is 0 Å². The van der Waals surface area contributed by atoms with Crippen molar-refractivity contribution in [1.29, 1.82) is 0 Å². The fourth-order valence-electron chi connectivity index (χ4n) is 2.55. The highest BCUT2D eigenvalue weighted by molar-refractivity contribution is 9.10. The molecule has 114 valence electrons. The van der Waals surface area contributed by atoms with Gasteiger partial charge in [0, 0.05) is 13.5 Å². The van der Waals surface area contributed by atoms with E-state index in [-0.39, 0.29) is 6.10 Å². The number of halogens is 1. The fourth-order valence-corrected chi connectivity index (χ4v) is 3.33. The molecule has 0 amide bonds. The Kier molecular flexibility index (Phi) is 6.00. The van der Waals surface area contributed by atoms with Crippen LogP contribution in [-0.2, 0) is 26.3 Å². The van der Waals surface area contributed by atoms with Crippen LogP contribution in [-0.4, -0.2) is 21.0 Å². The molecule has 0 aliphatic heterocycles. The topological polar surface area (TPSA) is 38.0 Å². The Balaban J connectivity index is 1.85. The normalized spacial score (nSPS) is 12.6. The zero-order chi connectivity index (χ0) is 15.2. The summed E-state index contributed by atoms with van der Waals surface area (Å²) in [6, 6.07) is 10.4. The minimum atomic E-state index is -0.315. The standard InChI is InChI=1S/C17H23BrN2O/c1-3-15-17(18)16(20(2)19-15)12-14(21)11-7-10-13-8-5-4-6-9-13/h4-6,8-9,14,21H,3,7,10-12H2,1-2H3. The third-order valence-electron chi connectivity index (χ3n) is 3.78. The van der Waals surface area contributed by atoms with E-state index in [4.69, 9.17) is 0 Å². The van der Waals surface area contributed by atoms with Gasteiger partial charge in [-0.25, -0.2) is 0 Å². The highest BCUT2D eigenvalue weighted by atomic mass is 79.9. The average Bonchev–Trinajstić information content (AvgIpc) is 2.76. The zero-order valence-corrected chi connectivity index (χ0v) is 14.3. The number of aromatic nitrogens is 2. The maximum Gasteiger partial charge on any atom is 0.0766 e. The SMILES string of the molecule is CCc1nn(C)c(CC(O)CCCc2ccccc2)c1Br. The molecule has 0 aliphatic rings. The summed E-state index contributed by atoms with van der Waals surface area (Å²) in [5, 5.41) is 14.7. The number of nitrogens with zero attached hydrogens (tertiary/aromatic N) is 2. The van der Waals surface area contributed by atoms with Crippen molar-refractivity contribution in [3.05, 3.63) is 51.8 Å². The second-order valence-electron chi connectivity index (χ2n) is 5.42. The number of benzene rings is 1. The molecule has 1 N–H and O–H groups in total. The van der Waals surface area contributed by atoms with E-state index in [1.807, 2.05) is 17.8 Å². The Hall–Kier alpha value is -1.13. The summed E-state index contributed by atoms with van der Waals surface area (Å²) < 4.78 is 2.93. The smallest absolute Gasteiger partial charge is 0.0766 e. The number of hydrogen-bond donors (Lipinski definition) is 1. The number of aryl methyl sites for hydroxylation is 3. The minimum Gasteiger partial charge on any atom is -0.393 e. The van der Waals surface area contributed by atoms with Crippen molar-refractivity contribution < 1.29 is 5.11 Å². The van der Waals surface area contributed by atoms with E-state index in [1.54, 1.807) is 0 Å². The first-order valence-electron chi connectivity index (χ1n) is 7.54. The second kappa shape index (κ2) is 7.76. The predicted octanol–water partition coefficient (Wildman–Crippen LogP) is 3.67. The summed E-state index contributed by atoms with van der Waals surface area (Å²) in [6.45, 7) is 2.09. The molecule has 1 atom stereocenters. The van der Waals surface area contributed by atoms with Crippen LogP contribution < -0.4 is 0 Å². The number of aliphatic hydroxyl groups is 1. The quantitative estimate of drug-likeness (QED) is 0.827. The van der Waals surface area contributed by atoms with E-state index in [9.17, 15) is 5.11 Å². The Bertz CT molecular complexity index is 566. The van der Waals surface area contributed by atoms with Crippen molar-refractivity contribution >= 4 is 15.9 Å². The van der Waals surface area contributed by atoms with E-state index in [2.05, 4.69) is 52.2 Å². The maximum atomic E-state index is 10.2. The molecule has 21 heavy (non-hydrogen) atoms. The van der Waals surface area contributed by atoms with Gasteiger partial charge in [0.05, 0.1) is 22.0 Å². The van der Waals surface area contributed by atoms with Crippen LogP contribution in [0.15, 0.2) is 34.8 Å². The van der Waals surface area contributed by atoms with E-state index in [0.717, 1.165) is 41.5 Å². The average molecular weight is 351 g/mol. The Morgan fingerprint density at radius 1 is 1.29 bits per heavy atom. The fraction of sp³-hybridized carbons (Fsp3) is 0.471.